The number of methoxy groups -OCH3 is 1. The van der Waals surface area contributed by atoms with Gasteiger partial charge in [-0.1, -0.05) is 11.3 Å². The zero-order valence-corrected chi connectivity index (χ0v) is 15.1. The van der Waals surface area contributed by atoms with Crippen molar-refractivity contribution in [3.05, 3.63) is 47.8 Å². The van der Waals surface area contributed by atoms with Crippen molar-refractivity contribution >= 4 is 38.3 Å². The molecule has 1 aliphatic heterocycles. The number of carbonyl (C=O) groups excluding carboxylic acids is 1. The molecule has 7 heteroatoms. The molecular formula is C19H18FN3O2S. The Balaban J connectivity index is 1.54. The van der Waals surface area contributed by atoms with Gasteiger partial charge in [-0.2, -0.15) is 0 Å². The van der Waals surface area contributed by atoms with Crippen LogP contribution in [0.1, 0.15) is 23.2 Å². The predicted molar refractivity (Wildman–Crippen MR) is 102 cm³/mol. The van der Waals surface area contributed by atoms with E-state index < -0.39 is 5.82 Å². The summed E-state index contributed by atoms with van der Waals surface area (Å²) in [7, 11) is 1.39. The lowest BCUT2D eigenvalue weighted by atomic mass is 10.2. The molecule has 0 aliphatic carbocycles. The SMILES string of the molecule is COc1ccc(C(=O)Nc2ccc3nc(N4CCCC4)sc3c2)cc1F. The van der Waals surface area contributed by atoms with E-state index in [9.17, 15) is 9.18 Å². The second-order valence-electron chi connectivity index (χ2n) is 6.18. The van der Waals surface area contributed by atoms with Crippen LogP contribution < -0.4 is 15.0 Å². The van der Waals surface area contributed by atoms with Crippen LogP contribution in [0.5, 0.6) is 5.75 Å². The highest BCUT2D eigenvalue weighted by atomic mass is 32.1. The van der Waals surface area contributed by atoms with Gasteiger partial charge in [-0.15, -0.1) is 0 Å². The molecule has 4 rings (SSSR count). The monoisotopic (exact) mass is 371 g/mol. The lowest BCUT2D eigenvalue weighted by Crippen LogP contribution is -2.16. The molecule has 3 aromatic rings. The quantitative estimate of drug-likeness (QED) is 0.743. The lowest BCUT2D eigenvalue weighted by molar-refractivity contribution is 0.102. The molecule has 1 amide bonds. The van der Waals surface area contributed by atoms with Gasteiger partial charge in [-0.3, -0.25) is 4.79 Å². The van der Waals surface area contributed by atoms with E-state index in [1.807, 2.05) is 18.2 Å². The molecule has 0 unspecified atom stereocenters. The number of rotatable bonds is 4. The van der Waals surface area contributed by atoms with Crippen LogP contribution in [-0.4, -0.2) is 31.1 Å². The number of nitrogens with zero attached hydrogens (tertiary/aromatic N) is 2. The minimum Gasteiger partial charge on any atom is -0.494 e. The third-order valence-corrected chi connectivity index (χ3v) is 5.50. The van der Waals surface area contributed by atoms with Crippen molar-refractivity contribution in [2.75, 3.05) is 30.4 Å². The summed E-state index contributed by atoms with van der Waals surface area (Å²) in [6, 6.07) is 9.77. The average molecular weight is 371 g/mol. The number of nitrogens with one attached hydrogen (secondary N) is 1. The van der Waals surface area contributed by atoms with Crippen LogP contribution >= 0.6 is 11.3 Å². The molecule has 1 N–H and O–H groups in total. The first-order chi connectivity index (χ1) is 12.6. The van der Waals surface area contributed by atoms with Crippen molar-refractivity contribution in [2.24, 2.45) is 0 Å². The summed E-state index contributed by atoms with van der Waals surface area (Å²) in [6.07, 6.45) is 2.41. The molecule has 0 atom stereocenters. The Morgan fingerprint density at radius 1 is 1.23 bits per heavy atom. The number of halogens is 1. The molecule has 2 aromatic carbocycles. The molecule has 0 bridgehead atoms. The van der Waals surface area contributed by atoms with Gasteiger partial charge in [-0.05, 0) is 49.2 Å². The minimum absolute atomic E-state index is 0.113. The molecule has 1 aromatic heterocycles. The summed E-state index contributed by atoms with van der Waals surface area (Å²) in [5.41, 5.74) is 1.83. The highest BCUT2D eigenvalue weighted by Crippen LogP contribution is 2.32. The number of ether oxygens (including phenoxy) is 1. The number of hydrogen-bond donors (Lipinski definition) is 1. The maximum Gasteiger partial charge on any atom is 0.255 e. The first kappa shape index (κ1) is 16.8. The molecule has 0 radical (unpaired) electrons. The molecule has 134 valence electrons. The Morgan fingerprint density at radius 3 is 2.77 bits per heavy atom. The van der Waals surface area contributed by atoms with Crippen LogP contribution in [-0.2, 0) is 0 Å². The van der Waals surface area contributed by atoms with E-state index in [0.29, 0.717) is 5.69 Å². The van der Waals surface area contributed by atoms with E-state index in [1.165, 1.54) is 38.2 Å². The Kier molecular flexibility index (Phi) is 4.46. The van der Waals surface area contributed by atoms with E-state index in [2.05, 4.69) is 15.2 Å². The number of anilines is 2. The molecule has 0 saturated carbocycles. The zero-order valence-electron chi connectivity index (χ0n) is 14.3. The van der Waals surface area contributed by atoms with E-state index in [0.717, 1.165) is 28.4 Å². The van der Waals surface area contributed by atoms with Crippen LogP contribution in [0, 0.1) is 5.82 Å². The summed E-state index contributed by atoms with van der Waals surface area (Å²) in [5, 5.41) is 3.84. The summed E-state index contributed by atoms with van der Waals surface area (Å²) in [4.78, 5) is 19.3. The number of carbonyl (C=O) groups is 1. The van der Waals surface area contributed by atoms with E-state index in [-0.39, 0.29) is 17.2 Å². The molecule has 1 fully saturated rings. The first-order valence-electron chi connectivity index (χ1n) is 8.44. The van der Waals surface area contributed by atoms with Gasteiger partial charge < -0.3 is 15.0 Å². The van der Waals surface area contributed by atoms with Gasteiger partial charge in [0.1, 0.15) is 0 Å². The van der Waals surface area contributed by atoms with Gasteiger partial charge in [0.05, 0.1) is 17.3 Å². The van der Waals surface area contributed by atoms with Gasteiger partial charge in [0.2, 0.25) is 0 Å². The van der Waals surface area contributed by atoms with Gasteiger partial charge in [0.15, 0.2) is 16.7 Å². The van der Waals surface area contributed by atoms with Crippen LogP contribution in [0.15, 0.2) is 36.4 Å². The molecule has 0 spiro atoms. The fourth-order valence-corrected chi connectivity index (χ4v) is 4.10. The van der Waals surface area contributed by atoms with Crippen molar-refractivity contribution in [3.8, 4) is 5.75 Å². The summed E-state index contributed by atoms with van der Waals surface area (Å²) >= 11 is 1.63. The number of fused-ring (bicyclic) bond motifs is 1. The Labute approximate surface area is 154 Å². The summed E-state index contributed by atoms with van der Waals surface area (Å²) in [5.74, 6) is -0.814. The van der Waals surface area contributed by atoms with Gasteiger partial charge in [0, 0.05) is 24.3 Å². The van der Waals surface area contributed by atoms with E-state index >= 15 is 0 Å². The van der Waals surface area contributed by atoms with Gasteiger partial charge in [0.25, 0.3) is 5.91 Å². The fourth-order valence-electron chi connectivity index (χ4n) is 3.04. The van der Waals surface area contributed by atoms with Crippen molar-refractivity contribution in [2.45, 2.75) is 12.8 Å². The maximum absolute atomic E-state index is 13.8. The molecule has 1 saturated heterocycles. The molecular weight excluding hydrogens is 353 g/mol. The molecule has 1 aliphatic rings. The van der Waals surface area contributed by atoms with Gasteiger partial charge >= 0.3 is 0 Å². The average Bonchev–Trinajstić information content (AvgIpc) is 3.30. The van der Waals surface area contributed by atoms with E-state index in [1.54, 1.807) is 11.3 Å². The van der Waals surface area contributed by atoms with Crippen molar-refractivity contribution in [1.29, 1.82) is 0 Å². The Bertz CT molecular complexity index is 967. The van der Waals surface area contributed by atoms with Crippen LogP contribution in [0.3, 0.4) is 0 Å². The number of benzene rings is 2. The van der Waals surface area contributed by atoms with Crippen molar-refractivity contribution < 1.29 is 13.9 Å². The zero-order chi connectivity index (χ0) is 18.1. The van der Waals surface area contributed by atoms with Crippen molar-refractivity contribution in [3.63, 3.8) is 0 Å². The minimum atomic E-state index is -0.562. The second kappa shape index (κ2) is 6.92. The smallest absolute Gasteiger partial charge is 0.255 e. The fraction of sp³-hybridized carbons (Fsp3) is 0.263. The van der Waals surface area contributed by atoms with Crippen molar-refractivity contribution in [1.82, 2.24) is 4.98 Å². The largest absolute Gasteiger partial charge is 0.494 e. The highest BCUT2D eigenvalue weighted by Gasteiger charge is 2.17. The third kappa shape index (κ3) is 3.22. The molecule has 26 heavy (non-hydrogen) atoms. The van der Waals surface area contributed by atoms with Crippen LogP contribution in [0.25, 0.3) is 10.2 Å². The standard InChI is InChI=1S/C19H18FN3O2S/c1-25-16-7-4-12(10-14(16)20)18(24)21-13-5-6-15-17(11-13)26-19(22-15)23-8-2-3-9-23/h4-7,10-11H,2-3,8-9H2,1H3,(H,21,24). The Morgan fingerprint density at radius 2 is 2.04 bits per heavy atom. The predicted octanol–water partition coefficient (Wildman–Crippen LogP) is 4.30. The number of thiazole rings is 1. The third-order valence-electron chi connectivity index (χ3n) is 4.43. The second-order valence-corrected chi connectivity index (χ2v) is 7.19. The number of hydrogen-bond acceptors (Lipinski definition) is 5. The summed E-state index contributed by atoms with van der Waals surface area (Å²) in [6.45, 7) is 2.10. The number of aromatic nitrogens is 1. The van der Waals surface area contributed by atoms with Crippen LogP contribution in [0.4, 0.5) is 15.2 Å². The Hall–Kier alpha value is -2.67. The van der Waals surface area contributed by atoms with Gasteiger partial charge in [-0.25, -0.2) is 9.37 Å². The normalized spacial score (nSPS) is 14.0. The lowest BCUT2D eigenvalue weighted by Gasteiger charge is -2.11. The first-order valence-corrected chi connectivity index (χ1v) is 9.26. The summed E-state index contributed by atoms with van der Waals surface area (Å²) < 4.78 is 19.7. The molecule has 2 heterocycles. The highest BCUT2D eigenvalue weighted by molar-refractivity contribution is 7.22. The maximum atomic E-state index is 13.8. The number of amides is 1. The molecule has 5 nitrogen and oxygen atoms in total. The van der Waals surface area contributed by atoms with E-state index in [4.69, 9.17) is 4.74 Å². The topological polar surface area (TPSA) is 54.5 Å². The van der Waals surface area contributed by atoms with Crippen LogP contribution in [0.2, 0.25) is 0 Å².